The van der Waals surface area contributed by atoms with Gasteiger partial charge >= 0.3 is 5.97 Å². The number of aliphatic hydroxyl groups is 1. The average Bonchev–Trinajstić information content (AvgIpc) is 2.67. The van der Waals surface area contributed by atoms with Crippen LogP contribution in [0.2, 0.25) is 0 Å². The minimum atomic E-state index is -0.471. The molecule has 0 aromatic heterocycles. The molecule has 142 valence electrons. The predicted octanol–water partition coefficient (Wildman–Crippen LogP) is 4.38. The van der Waals surface area contributed by atoms with Gasteiger partial charge < -0.3 is 14.6 Å². The molecule has 0 spiro atoms. The topological polar surface area (TPSA) is 55.8 Å². The summed E-state index contributed by atoms with van der Waals surface area (Å²) < 4.78 is 10.8. The highest BCUT2D eigenvalue weighted by Gasteiger charge is 2.15. The van der Waals surface area contributed by atoms with Gasteiger partial charge in [0.25, 0.3) is 0 Å². The van der Waals surface area contributed by atoms with Crippen LogP contribution in [-0.2, 0) is 16.1 Å². The van der Waals surface area contributed by atoms with Crippen LogP contribution in [0.5, 0.6) is 5.75 Å². The molecule has 0 heterocycles. The molecule has 27 heavy (non-hydrogen) atoms. The van der Waals surface area contributed by atoms with Crippen LogP contribution in [0.15, 0.2) is 48.5 Å². The van der Waals surface area contributed by atoms with E-state index in [0.717, 1.165) is 22.4 Å². The lowest BCUT2D eigenvalue weighted by molar-refractivity contribution is -0.143. The molecule has 1 N–H and O–H groups in total. The number of ether oxygens (including phenoxy) is 2. The normalized spacial score (nSPS) is 12.4. The van der Waals surface area contributed by atoms with Crippen molar-refractivity contribution in [2.24, 2.45) is 0 Å². The molecule has 0 aliphatic rings. The quantitative estimate of drug-likeness (QED) is 0.556. The van der Waals surface area contributed by atoms with Crippen molar-refractivity contribution in [1.82, 2.24) is 0 Å². The molecular formula is C23H26O4. The Morgan fingerprint density at radius 3 is 2.26 bits per heavy atom. The molecule has 4 heteroatoms. The Morgan fingerprint density at radius 1 is 1.07 bits per heavy atom. The number of hydrogen-bond donors (Lipinski definition) is 1. The Hall–Kier alpha value is -2.77. The van der Waals surface area contributed by atoms with Crippen molar-refractivity contribution in [3.63, 3.8) is 0 Å². The van der Waals surface area contributed by atoms with E-state index in [1.54, 1.807) is 20.8 Å². The first-order valence-corrected chi connectivity index (χ1v) is 9.11. The predicted molar refractivity (Wildman–Crippen MR) is 105 cm³/mol. The molecule has 0 saturated heterocycles. The Labute approximate surface area is 161 Å². The van der Waals surface area contributed by atoms with Gasteiger partial charge in [0.05, 0.1) is 25.0 Å². The molecule has 2 unspecified atom stereocenters. The molecule has 0 bridgehead atoms. The summed E-state index contributed by atoms with van der Waals surface area (Å²) in [6.07, 6.45) is -0.230. The Morgan fingerprint density at radius 2 is 1.70 bits per heavy atom. The van der Waals surface area contributed by atoms with Crippen molar-refractivity contribution in [1.29, 1.82) is 0 Å². The maximum atomic E-state index is 11.8. The third kappa shape index (κ3) is 6.47. The van der Waals surface area contributed by atoms with Crippen molar-refractivity contribution in [3.05, 3.63) is 65.2 Å². The molecule has 0 fully saturated rings. The fourth-order valence-electron chi connectivity index (χ4n) is 2.67. The molecule has 0 saturated carbocycles. The minimum absolute atomic E-state index is 0.184. The van der Waals surface area contributed by atoms with Crippen molar-refractivity contribution >= 4 is 5.97 Å². The summed E-state index contributed by atoms with van der Waals surface area (Å²) >= 11 is 0. The van der Waals surface area contributed by atoms with Crippen LogP contribution < -0.4 is 4.74 Å². The molecule has 0 aliphatic carbocycles. The SMILES string of the molecule is CC#CC(CC(=O)OCC)c1ccc(OCc2ccc(C(C)O)cc2)cc1. The van der Waals surface area contributed by atoms with E-state index in [2.05, 4.69) is 11.8 Å². The summed E-state index contributed by atoms with van der Waals surface area (Å²) in [5, 5.41) is 9.55. The summed E-state index contributed by atoms with van der Waals surface area (Å²) in [4.78, 5) is 11.8. The lowest BCUT2D eigenvalue weighted by atomic mass is 9.96. The van der Waals surface area contributed by atoms with Gasteiger partial charge in [0, 0.05) is 0 Å². The monoisotopic (exact) mass is 366 g/mol. The number of aliphatic hydroxyl groups excluding tert-OH is 1. The van der Waals surface area contributed by atoms with Gasteiger partial charge in [-0.2, -0.15) is 0 Å². The third-order valence-electron chi connectivity index (χ3n) is 4.14. The highest BCUT2D eigenvalue weighted by Crippen LogP contribution is 2.23. The van der Waals surface area contributed by atoms with Crippen molar-refractivity contribution in [3.8, 4) is 17.6 Å². The summed E-state index contributed by atoms with van der Waals surface area (Å²) in [7, 11) is 0. The van der Waals surface area contributed by atoms with E-state index in [1.807, 2.05) is 48.5 Å². The van der Waals surface area contributed by atoms with E-state index in [4.69, 9.17) is 9.47 Å². The fourth-order valence-corrected chi connectivity index (χ4v) is 2.67. The molecule has 4 nitrogen and oxygen atoms in total. The summed E-state index contributed by atoms with van der Waals surface area (Å²) in [5.74, 6) is 6.27. The zero-order chi connectivity index (χ0) is 19.6. The first-order chi connectivity index (χ1) is 13.0. The second-order valence-electron chi connectivity index (χ2n) is 6.23. The van der Waals surface area contributed by atoms with Gasteiger partial charge in [-0.1, -0.05) is 42.3 Å². The summed E-state index contributed by atoms with van der Waals surface area (Å²) in [5.41, 5.74) is 2.87. The zero-order valence-electron chi connectivity index (χ0n) is 16.1. The lowest BCUT2D eigenvalue weighted by Crippen LogP contribution is -2.09. The molecule has 2 atom stereocenters. The van der Waals surface area contributed by atoms with Crippen LogP contribution in [0.4, 0.5) is 0 Å². The van der Waals surface area contributed by atoms with Crippen molar-refractivity contribution in [2.75, 3.05) is 6.61 Å². The molecule has 2 rings (SSSR count). The lowest BCUT2D eigenvalue weighted by Gasteiger charge is -2.12. The van der Waals surface area contributed by atoms with Gasteiger partial charge in [-0.05, 0) is 49.6 Å². The smallest absolute Gasteiger partial charge is 0.307 e. The van der Waals surface area contributed by atoms with Crippen molar-refractivity contribution < 1.29 is 19.4 Å². The van der Waals surface area contributed by atoms with Gasteiger partial charge in [0.2, 0.25) is 0 Å². The van der Waals surface area contributed by atoms with E-state index in [-0.39, 0.29) is 18.3 Å². The Kier molecular flexibility index (Phi) is 7.91. The second kappa shape index (κ2) is 10.4. The second-order valence-corrected chi connectivity index (χ2v) is 6.23. The molecule has 2 aromatic carbocycles. The number of carbonyl (C=O) groups excluding carboxylic acids is 1. The zero-order valence-corrected chi connectivity index (χ0v) is 16.1. The fraction of sp³-hybridized carbons (Fsp3) is 0.348. The maximum absolute atomic E-state index is 11.8. The minimum Gasteiger partial charge on any atom is -0.489 e. The van der Waals surface area contributed by atoms with Gasteiger partial charge in [-0.15, -0.1) is 5.92 Å². The summed E-state index contributed by atoms with van der Waals surface area (Å²) in [6, 6.07) is 15.3. The highest BCUT2D eigenvalue weighted by atomic mass is 16.5. The van der Waals surface area contributed by atoms with Crippen LogP contribution in [0, 0.1) is 11.8 Å². The van der Waals surface area contributed by atoms with E-state index >= 15 is 0 Å². The van der Waals surface area contributed by atoms with E-state index in [1.165, 1.54) is 0 Å². The molecule has 0 radical (unpaired) electrons. The number of carbonyl (C=O) groups is 1. The van der Waals surface area contributed by atoms with Gasteiger partial charge in [-0.25, -0.2) is 0 Å². The largest absolute Gasteiger partial charge is 0.489 e. The van der Waals surface area contributed by atoms with Gasteiger partial charge in [-0.3, -0.25) is 4.79 Å². The molecule has 2 aromatic rings. The standard InChI is InChI=1S/C23H26O4/c1-4-6-21(15-23(25)26-5-2)20-11-13-22(14-12-20)27-16-18-7-9-19(10-8-18)17(3)24/h7-14,17,21,24H,5,15-16H2,1-3H3. The number of rotatable bonds is 8. The molecule has 0 aliphatic heterocycles. The third-order valence-corrected chi connectivity index (χ3v) is 4.14. The van der Waals surface area contributed by atoms with E-state index in [0.29, 0.717) is 13.2 Å². The first kappa shape index (κ1) is 20.5. The number of benzene rings is 2. The number of hydrogen-bond acceptors (Lipinski definition) is 4. The summed E-state index contributed by atoms with van der Waals surface area (Å²) in [6.45, 7) is 6.11. The van der Waals surface area contributed by atoms with Crippen LogP contribution in [0.1, 0.15) is 55.9 Å². The molecule has 0 amide bonds. The first-order valence-electron chi connectivity index (χ1n) is 9.11. The number of esters is 1. The van der Waals surface area contributed by atoms with Crippen molar-refractivity contribution in [2.45, 2.75) is 45.8 Å². The van der Waals surface area contributed by atoms with Crippen LogP contribution in [-0.4, -0.2) is 17.7 Å². The Bertz CT molecular complexity index is 780. The van der Waals surface area contributed by atoms with Crippen LogP contribution >= 0.6 is 0 Å². The average molecular weight is 366 g/mol. The Balaban J connectivity index is 1.98. The van der Waals surface area contributed by atoms with Crippen LogP contribution in [0.3, 0.4) is 0 Å². The van der Waals surface area contributed by atoms with Gasteiger partial charge in [0.15, 0.2) is 0 Å². The van der Waals surface area contributed by atoms with Crippen LogP contribution in [0.25, 0.3) is 0 Å². The van der Waals surface area contributed by atoms with E-state index < -0.39 is 6.10 Å². The maximum Gasteiger partial charge on any atom is 0.307 e. The van der Waals surface area contributed by atoms with Gasteiger partial charge in [0.1, 0.15) is 12.4 Å². The highest BCUT2D eigenvalue weighted by molar-refractivity contribution is 5.71. The molecular weight excluding hydrogens is 340 g/mol. The van der Waals surface area contributed by atoms with E-state index in [9.17, 15) is 9.90 Å².